The molecule has 2 nitrogen and oxygen atoms in total. The summed E-state index contributed by atoms with van der Waals surface area (Å²) in [4.78, 5) is 0. The van der Waals surface area contributed by atoms with Gasteiger partial charge in [0.1, 0.15) is 0 Å². The van der Waals surface area contributed by atoms with Gasteiger partial charge in [-0.3, -0.25) is 0 Å². The molecule has 1 aliphatic rings. The molecule has 0 amide bonds. The first-order chi connectivity index (χ1) is 4.35. The SMILES string of the molecule is CC1(C)CC(O)CC1(C)O. The summed E-state index contributed by atoms with van der Waals surface area (Å²) in [5, 5.41) is 19.0. The van der Waals surface area contributed by atoms with Crippen LogP contribution in [0.3, 0.4) is 0 Å². The van der Waals surface area contributed by atoms with Crippen LogP contribution in [0.2, 0.25) is 0 Å². The molecule has 0 aromatic rings. The van der Waals surface area contributed by atoms with Crippen LogP contribution in [-0.4, -0.2) is 21.9 Å². The summed E-state index contributed by atoms with van der Waals surface area (Å²) >= 11 is 0. The van der Waals surface area contributed by atoms with E-state index in [0.717, 1.165) is 0 Å². The van der Waals surface area contributed by atoms with Gasteiger partial charge in [-0.05, 0) is 18.8 Å². The molecule has 0 radical (unpaired) electrons. The highest BCUT2D eigenvalue weighted by molar-refractivity contribution is 4.99. The minimum absolute atomic E-state index is 0.133. The van der Waals surface area contributed by atoms with Crippen molar-refractivity contribution in [3.63, 3.8) is 0 Å². The van der Waals surface area contributed by atoms with Crippen molar-refractivity contribution in [2.75, 3.05) is 0 Å². The second kappa shape index (κ2) is 1.95. The Hall–Kier alpha value is -0.0800. The lowest BCUT2D eigenvalue weighted by Gasteiger charge is -2.32. The van der Waals surface area contributed by atoms with Gasteiger partial charge in [0, 0.05) is 6.42 Å². The fraction of sp³-hybridized carbons (Fsp3) is 1.00. The lowest BCUT2D eigenvalue weighted by atomic mass is 9.79. The molecule has 0 aromatic heterocycles. The van der Waals surface area contributed by atoms with Crippen LogP contribution in [0.15, 0.2) is 0 Å². The largest absolute Gasteiger partial charge is 0.393 e. The molecule has 60 valence electrons. The van der Waals surface area contributed by atoms with Gasteiger partial charge in [-0.1, -0.05) is 13.8 Å². The molecule has 0 bridgehead atoms. The Bertz CT molecular complexity index is 122. The average molecular weight is 144 g/mol. The monoisotopic (exact) mass is 144 g/mol. The molecule has 2 atom stereocenters. The molecule has 2 N–H and O–H groups in total. The van der Waals surface area contributed by atoms with E-state index >= 15 is 0 Å². The predicted molar refractivity (Wildman–Crippen MR) is 39.6 cm³/mol. The van der Waals surface area contributed by atoms with E-state index in [9.17, 15) is 10.2 Å². The van der Waals surface area contributed by atoms with Crippen molar-refractivity contribution in [1.82, 2.24) is 0 Å². The molecule has 0 aromatic carbocycles. The lowest BCUT2D eigenvalue weighted by molar-refractivity contribution is -0.0268. The average Bonchev–Trinajstić information content (AvgIpc) is 1.73. The van der Waals surface area contributed by atoms with E-state index in [1.165, 1.54) is 0 Å². The first kappa shape index (κ1) is 8.02. The second-order valence-corrected chi connectivity index (χ2v) is 4.22. The summed E-state index contributed by atoms with van der Waals surface area (Å²) < 4.78 is 0. The normalized spacial score (nSPS) is 45.9. The third kappa shape index (κ3) is 1.06. The Labute approximate surface area is 61.9 Å². The molecule has 2 heteroatoms. The molecule has 0 heterocycles. The van der Waals surface area contributed by atoms with E-state index < -0.39 is 5.60 Å². The molecule has 1 fully saturated rings. The maximum atomic E-state index is 9.73. The summed E-state index contributed by atoms with van der Waals surface area (Å²) in [5.74, 6) is 0. The fourth-order valence-corrected chi connectivity index (χ4v) is 1.62. The Balaban J connectivity index is 2.78. The number of aliphatic hydroxyl groups is 2. The summed E-state index contributed by atoms with van der Waals surface area (Å²) in [6, 6.07) is 0. The summed E-state index contributed by atoms with van der Waals surface area (Å²) in [6.45, 7) is 5.77. The van der Waals surface area contributed by atoms with Crippen molar-refractivity contribution in [3.05, 3.63) is 0 Å². The Morgan fingerprint density at radius 2 is 1.70 bits per heavy atom. The van der Waals surface area contributed by atoms with Crippen LogP contribution in [0.4, 0.5) is 0 Å². The van der Waals surface area contributed by atoms with Crippen LogP contribution in [0.5, 0.6) is 0 Å². The minimum atomic E-state index is -0.688. The molecule has 2 unspecified atom stereocenters. The van der Waals surface area contributed by atoms with E-state index in [4.69, 9.17) is 0 Å². The van der Waals surface area contributed by atoms with Gasteiger partial charge in [-0.15, -0.1) is 0 Å². The number of hydrogen-bond acceptors (Lipinski definition) is 2. The van der Waals surface area contributed by atoms with Crippen molar-refractivity contribution >= 4 is 0 Å². The van der Waals surface area contributed by atoms with Crippen molar-refractivity contribution in [1.29, 1.82) is 0 Å². The van der Waals surface area contributed by atoms with E-state index in [0.29, 0.717) is 12.8 Å². The fourth-order valence-electron chi connectivity index (χ4n) is 1.62. The molecule has 1 aliphatic carbocycles. The molecule has 1 saturated carbocycles. The van der Waals surface area contributed by atoms with Gasteiger partial charge in [0.2, 0.25) is 0 Å². The molecule has 0 saturated heterocycles. The van der Waals surface area contributed by atoms with Crippen LogP contribution in [0, 0.1) is 5.41 Å². The van der Waals surface area contributed by atoms with Gasteiger partial charge in [0.25, 0.3) is 0 Å². The predicted octanol–water partition coefficient (Wildman–Crippen LogP) is 0.918. The highest BCUT2D eigenvalue weighted by atomic mass is 16.3. The zero-order chi connectivity index (χ0) is 7.99. The number of hydrogen-bond donors (Lipinski definition) is 2. The first-order valence-corrected chi connectivity index (χ1v) is 3.76. The quantitative estimate of drug-likeness (QED) is 0.530. The van der Waals surface area contributed by atoms with Crippen LogP contribution in [0.1, 0.15) is 33.6 Å². The van der Waals surface area contributed by atoms with Crippen LogP contribution in [-0.2, 0) is 0 Å². The van der Waals surface area contributed by atoms with Gasteiger partial charge in [-0.2, -0.15) is 0 Å². The lowest BCUT2D eigenvalue weighted by Crippen LogP contribution is -2.36. The third-order valence-corrected chi connectivity index (χ3v) is 2.84. The van der Waals surface area contributed by atoms with E-state index in [1.54, 1.807) is 6.92 Å². The summed E-state index contributed by atoms with van der Waals surface area (Å²) in [6.07, 6.45) is 0.907. The Morgan fingerprint density at radius 3 is 1.80 bits per heavy atom. The summed E-state index contributed by atoms with van der Waals surface area (Å²) in [7, 11) is 0. The minimum Gasteiger partial charge on any atom is -0.393 e. The van der Waals surface area contributed by atoms with E-state index in [1.807, 2.05) is 13.8 Å². The third-order valence-electron chi connectivity index (χ3n) is 2.84. The maximum absolute atomic E-state index is 9.73. The van der Waals surface area contributed by atoms with Crippen molar-refractivity contribution in [2.45, 2.75) is 45.3 Å². The number of aliphatic hydroxyl groups excluding tert-OH is 1. The summed E-state index contributed by atoms with van der Waals surface area (Å²) in [5.41, 5.74) is -0.821. The van der Waals surface area contributed by atoms with Gasteiger partial charge in [0.15, 0.2) is 0 Å². The highest BCUT2D eigenvalue weighted by Gasteiger charge is 2.47. The number of rotatable bonds is 0. The molecule has 10 heavy (non-hydrogen) atoms. The standard InChI is InChI=1S/C8H16O2/c1-7(2)4-6(9)5-8(7,3)10/h6,9-10H,4-5H2,1-3H3. The second-order valence-electron chi connectivity index (χ2n) is 4.22. The Morgan fingerprint density at radius 1 is 1.20 bits per heavy atom. The van der Waals surface area contributed by atoms with Gasteiger partial charge in [-0.25, -0.2) is 0 Å². The molecule has 0 spiro atoms. The van der Waals surface area contributed by atoms with Crippen LogP contribution in [0.25, 0.3) is 0 Å². The topological polar surface area (TPSA) is 40.5 Å². The van der Waals surface area contributed by atoms with E-state index in [-0.39, 0.29) is 11.5 Å². The highest BCUT2D eigenvalue weighted by Crippen LogP contribution is 2.45. The molecular formula is C8H16O2. The van der Waals surface area contributed by atoms with Crippen molar-refractivity contribution in [3.8, 4) is 0 Å². The van der Waals surface area contributed by atoms with E-state index in [2.05, 4.69) is 0 Å². The molecule has 1 rings (SSSR count). The first-order valence-electron chi connectivity index (χ1n) is 3.76. The van der Waals surface area contributed by atoms with Gasteiger partial charge in [0.05, 0.1) is 11.7 Å². The smallest absolute Gasteiger partial charge is 0.0695 e. The molecular weight excluding hydrogens is 128 g/mol. The van der Waals surface area contributed by atoms with Crippen molar-refractivity contribution < 1.29 is 10.2 Å². The van der Waals surface area contributed by atoms with Gasteiger partial charge >= 0.3 is 0 Å². The zero-order valence-corrected chi connectivity index (χ0v) is 6.89. The Kier molecular flexibility index (Phi) is 1.57. The van der Waals surface area contributed by atoms with Crippen LogP contribution < -0.4 is 0 Å². The molecule has 0 aliphatic heterocycles. The zero-order valence-electron chi connectivity index (χ0n) is 6.89. The van der Waals surface area contributed by atoms with Gasteiger partial charge < -0.3 is 10.2 Å². The maximum Gasteiger partial charge on any atom is 0.0695 e. The van der Waals surface area contributed by atoms with Crippen molar-refractivity contribution in [2.24, 2.45) is 5.41 Å². The van der Waals surface area contributed by atoms with Crippen LogP contribution >= 0.6 is 0 Å².